The molecule has 2 aromatic carbocycles. The van der Waals surface area contributed by atoms with Crippen LogP contribution in [0, 0.1) is 11.8 Å². The van der Waals surface area contributed by atoms with Crippen LogP contribution in [-0.4, -0.2) is 75.0 Å². The summed E-state index contributed by atoms with van der Waals surface area (Å²) in [6.45, 7) is 5.11. The minimum atomic E-state index is -0.334. The smallest absolute Gasteiger partial charge is 0.263 e. The fraction of sp³-hybridized carbons (Fsp3) is 0.516. The molecule has 9 heteroatoms. The van der Waals surface area contributed by atoms with Crippen molar-refractivity contribution in [1.82, 2.24) is 9.80 Å². The number of carbonyl (C=O) groups is 3. The van der Waals surface area contributed by atoms with Gasteiger partial charge in [-0.05, 0) is 67.9 Å². The average Bonchev–Trinajstić information content (AvgIpc) is 3.78. The van der Waals surface area contributed by atoms with Gasteiger partial charge in [0.25, 0.3) is 11.8 Å². The zero-order valence-electron chi connectivity index (χ0n) is 23.9. The van der Waals surface area contributed by atoms with Gasteiger partial charge in [-0.3, -0.25) is 19.3 Å². The summed E-state index contributed by atoms with van der Waals surface area (Å²) in [5.41, 5.74) is 2.21. The lowest BCUT2D eigenvalue weighted by molar-refractivity contribution is -0.136. The molecule has 1 aliphatic carbocycles. The van der Waals surface area contributed by atoms with E-state index in [2.05, 4.69) is 16.7 Å². The molecule has 3 amide bonds. The van der Waals surface area contributed by atoms with Crippen LogP contribution >= 0.6 is 0 Å². The highest BCUT2D eigenvalue weighted by atomic mass is 16.5. The molecule has 0 bridgehead atoms. The lowest BCUT2D eigenvalue weighted by atomic mass is 9.94. The number of amides is 3. The van der Waals surface area contributed by atoms with Crippen LogP contribution < -0.4 is 19.1 Å². The Hall–Kier alpha value is -3.75. The Morgan fingerprint density at radius 3 is 2.35 bits per heavy atom. The highest BCUT2D eigenvalue weighted by molar-refractivity contribution is 6.23. The molecule has 0 aromatic heterocycles. The number of anilines is 1. The topological polar surface area (TPSA) is 88.6 Å². The van der Waals surface area contributed by atoms with Gasteiger partial charge in [0.15, 0.2) is 11.5 Å². The molecule has 9 nitrogen and oxygen atoms in total. The second kappa shape index (κ2) is 11.8. The number of methoxy groups -OCH3 is 3. The number of ether oxygens (including phenoxy) is 3. The number of piperidine rings is 1. The summed E-state index contributed by atoms with van der Waals surface area (Å²) >= 11 is 0. The molecule has 0 radical (unpaired) electrons. The standard InChI is InChI=1S/C31H39N3O6/c1-5-13-33(17-20-11-12-20)29(35)22-8-7-14-32(19-22)24-10-6-9-23-27(24)31(37)34(30(23)36)18-21-15-25(38-2)28(40-4)26(16-21)39-3/h6,9-10,15-16,20,22H,5,7-8,11-14,17-19H2,1-4H3/t22-/m1/s1. The Bertz CT molecular complexity index is 1260. The van der Waals surface area contributed by atoms with Gasteiger partial charge in [0, 0.05) is 26.2 Å². The predicted molar refractivity (Wildman–Crippen MR) is 151 cm³/mol. The van der Waals surface area contributed by atoms with Crippen molar-refractivity contribution in [2.45, 2.75) is 45.6 Å². The maximum atomic E-state index is 13.8. The molecule has 2 aliphatic heterocycles. The van der Waals surface area contributed by atoms with Crippen LogP contribution in [0.25, 0.3) is 0 Å². The van der Waals surface area contributed by atoms with Gasteiger partial charge in [0.2, 0.25) is 11.7 Å². The lowest BCUT2D eigenvalue weighted by Crippen LogP contribution is -2.46. The highest BCUT2D eigenvalue weighted by Crippen LogP contribution is 2.40. The van der Waals surface area contributed by atoms with Gasteiger partial charge in [-0.15, -0.1) is 0 Å². The van der Waals surface area contributed by atoms with Crippen LogP contribution in [0.3, 0.4) is 0 Å². The van der Waals surface area contributed by atoms with E-state index >= 15 is 0 Å². The van der Waals surface area contributed by atoms with Crippen LogP contribution in [0.4, 0.5) is 5.69 Å². The first-order valence-corrected chi connectivity index (χ1v) is 14.2. The minimum Gasteiger partial charge on any atom is -0.493 e. The summed E-state index contributed by atoms with van der Waals surface area (Å²) in [7, 11) is 4.58. The molecule has 1 saturated heterocycles. The molecule has 2 aromatic rings. The van der Waals surface area contributed by atoms with E-state index in [1.165, 1.54) is 39.1 Å². The fourth-order valence-corrected chi connectivity index (χ4v) is 5.96. The van der Waals surface area contributed by atoms with E-state index in [9.17, 15) is 14.4 Å². The SMILES string of the molecule is CCCN(CC1CC1)C(=O)[C@@H]1CCCN(c2cccc3c2C(=O)N(Cc2cc(OC)c(OC)c(OC)c2)C3=O)C1. The normalized spacial score (nSPS) is 18.6. The third-order valence-corrected chi connectivity index (χ3v) is 8.13. The molecule has 0 N–H and O–H groups in total. The first-order valence-electron chi connectivity index (χ1n) is 14.2. The predicted octanol–water partition coefficient (Wildman–Crippen LogP) is 4.37. The molecule has 1 saturated carbocycles. The van der Waals surface area contributed by atoms with Crippen molar-refractivity contribution in [3.63, 3.8) is 0 Å². The molecule has 3 aliphatic rings. The molecule has 40 heavy (non-hydrogen) atoms. The average molecular weight is 550 g/mol. The van der Waals surface area contributed by atoms with Gasteiger partial charge in [-0.2, -0.15) is 0 Å². The van der Waals surface area contributed by atoms with Gasteiger partial charge < -0.3 is 24.0 Å². The maximum absolute atomic E-state index is 13.8. The van der Waals surface area contributed by atoms with Crippen molar-refractivity contribution in [1.29, 1.82) is 0 Å². The summed E-state index contributed by atoms with van der Waals surface area (Å²) in [5, 5.41) is 0. The molecule has 0 unspecified atom stereocenters. The summed E-state index contributed by atoms with van der Waals surface area (Å²) in [5.74, 6) is 1.44. The van der Waals surface area contributed by atoms with E-state index in [4.69, 9.17) is 14.2 Å². The van der Waals surface area contributed by atoms with Crippen molar-refractivity contribution in [3.05, 3.63) is 47.0 Å². The monoisotopic (exact) mass is 549 g/mol. The van der Waals surface area contributed by atoms with Crippen molar-refractivity contribution in [2.24, 2.45) is 11.8 Å². The molecule has 2 fully saturated rings. The lowest BCUT2D eigenvalue weighted by Gasteiger charge is -2.37. The summed E-state index contributed by atoms with van der Waals surface area (Å²) in [6, 6.07) is 8.92. The fourth-order valence-electron chi connectivity index (χ4n) is 5.96. The molecule has 1 atom stereocenters. The van der Waals surface area contributed by atoms with Crippen molar-refractivity contribution >= 4 is 23.4 Å². The largest absolute Gasteiger partial charge is 0.493 e. The number of hydrogen-bond acceptors (Lipinski definition) is 7. The highest BCUT2D eigenvalue weighted by Gasteiger charge is 2.40. The third-order valence-electron chi connectivity index (χ3n) is 8.13. The number of imide groups is 1. The van der Waals surface area contributed by atoms with E-state index in [1.807, 2.05) is 12.1 Å². The minimum absolute atomic E-state index is 0.0662. The first-order chi connectivity index (χ1) is 19.4. The Morgan fingerprint density at radius 2 is 1.73 bits per heavy atom. The molecule has 2 heterocycles. The Kier molecular flexibility index (Phi) is 8.19. The zero-order chi connectivity index (χ0) is 28.4. The van der Waals surface area contributed by atoms with Crippen LogP contribution in [-0.2, 0) is 11.3 Å². The Labute approximate surface area is 236 Å². The number of rotatable bonds is 11. The van der Waals surface area contributed by atoms with E-state index in [1.54, 1.807) is 18.2 Å². The number of hydrogen-bond donors (Lipinski definition) is 0. The molecular formula is C31H39N3O6. The number of fused-ring (bicyclic) bond motifs is 1. The molecule has 5 rings (SSSR count). The van der Waals surface area contributed by atoms with E-state index in [0.29, 0.717) is 46.4 Å². The van der Waals surface area contributed by atoms with Crippen LogP contribution in [0.2, 0.25) is 0 Å². The zero-order valence-corrected chi connectivity index (χ0v) is 23.9. The number of carbonyl (C=O) groups excluding carboxylic acids is 3. The van der Waals surface area contributed by atoms with Crippen molar-refractivity contribution in [2.75, 3.05) is 52.4 Å². The molecule has 0 spiro atoms. The van der Waals surface area contributed by atoms with Crippen LogP contribution in [0.1, 0.15) is 65.3 Å². The quantitative estimate of drug-likeness (QED) is 0.385. The first kappa shape index (κ1) is 27.8. The maximum Gasteiger partial charge on any atom is 0.263 e. The number of nitrogens with zero attached hydrogens (tertiary/aromatic N) is 3. The van der Waals surface area contributed by atoms with Crippen LogP contribution in [0.5, 0.6) is 17.2 Å². The van der Waals surface area contributed by atoms with Gasteiger partial charge in [0.05, 0.1) is 50.6 Å². The third kappa shape index (κ3) is 5.33. The van der Waals surface area contributed by atoms with Crippen LogP contribution in [0.15, 0.2) is 30.3 Å². The second-order valence-electron chi connectivity index (χ2n) is 10.9. The summed E-state index contributed by atoms with van der Waals surface area (Å²) in [6.07, 6.45) is 5.07. The Balaban J connectivity index is 1.37. The van der Waals surface area contributed by atoms with Gasteiger partial charge >= 0.3 is 0 Å². The second-order valence-corrected chi connectivity index (χ2v) is 10.9. The van der Waals surface area contributed by atoms with Gasteiger partial charge in [-0.25, -0.2) is 0 Å². The Morgan fingerprint density at radius 1 is 1.00 bits per heavy atom. The number of benzene rings is 2. The summed E-state index contributed by atoms with van der Waals surface area (Å²) < 4.78 is 16.3. The van der Waals surface area contributed by atoms with Gasteiger partial charge in [-0.1, -0.05) is 13.0 Å². The summed E-state index contributed by atoms with van der Waals surface area (Å²) in [4.78, 5) is 46.2. The van der Waals surface area contributed by atoms with E-state index in [-0.39, 0.29) is 30.2 Å². The molecular weight excluding hydrogens is 510 g/mol. The molecule has 214 valence electrons. The van der Waals surface area contributed by atoms with Gasteiger partial charge in [0.1, 0.15) is 0 Å². The van der Waals surface area contributed by atoms with E-state index in [0.717, 1.165) is 44.6 Å². The van der Waals surface area contributed by atoms with Crippen molar-refractivity contribution < 1.29 is 28.6 Å². The van der Waals surface area contributed by atoms with E-state index < -0.39 is 0 Å². The van der Waals surface area contributed by atoms with Crippen molar-refractivity contribution in [3.8, 4) is 17.2 Å².